The second kappa shape index (κ2) is 5.96. The Hall–Kier alpha value is -2.75. The molecule has 25 heavy (non-hydrogen) atoms. The topological polar surface area (TPSA) is 96.1 Å². The maximum Gasteiger partial charge on any atom is 0.434 e. The van der Waals surface area contributed by atoms with Gasteiger partial charge in [-0.05, 0) is 18.2 Å². The average Bonchev–Trinajstić information content (AvgIpc) is 3.06. The Kier molecular flexibility index (Phi) is 4.07. The zero-order valence-electron chi connectivity index (χ0n) is 12.3. The molecule has 2 heterocycles. The smallest absolute Gasteiger partial charge is 0.426 e. The molecule has 132 valence electrons. The molecule has 11 heteroatoms. The number of cyclic esters (lactones) is 1. The molecule has 0 fully saturated rings. The van der Waals surface area contributed by atoms with Crippen LogP contribution in [0, 0.1) is 0 Å². The summed E-state index contributed by atoms with van der Waals surface area (Å²) in [6.07, 6.45) is -3.93. The number of benzene rings is 1. The van der Waals surface area contributed by atoms with Gasteiger partial charge in [-0.25, -0.2) is 4.79 Å². The SMILES string of the molecule is O=C1Nc2ccc(Cl)cc2C(CNC(=O)c2cn[nH]c2)(C(F)(F)F)O1. The van der Waals surface area contributed by atoms with E-state index in [4.69, 9.17) is 11.6 Å². The van der Waals surface area contributed by atoms with E-state index in [1.165, 1.54) is 18.3 Å². The minimum atomic E-state index is -5.01. The zero-order chi connectivity index (χ0) is 18.2. The molecular formula is C14H10ClF3N4O3. The normalized spacial score (nSPS) is 19.6. The monoisotopic (exact) mass is 374 g/mol. The first kappa shape index (κ1) is 17.1. The number of H-pyrrole nitrogens is 1. The van der Waals surface area contributed by atoms with Crippen LogP contribution in [-0.4, -0.2) is 34.9 Å². The van der Waals surface area contributed by atoms with Gasteiger partial charge in [0.1, 0.15) is 0 Å². The van der Waals surface area contributed by atoms with E-state index in [9.17, 15) is 22.8 Å². The van der Waals surface area contributed by atoms with Gasteiger partial charge >= 0.3 is 12.3 Å². The first-order valence-corrected chi connectivity index (χ1v) is 7.24. The van der Waals surface area contributed by atoms with E-state index in [1.807, 2.05) is 0 Å². The molecule has 1 aromatic carbocycles. The molecule has 3 N–H and O–H groups in total. The van der Waals surface area contributed by atoms with Gasteiger partial charge in [0.05, 0.1) is 24.0 Å². The fourth-order valence-electron chi connectivity index (χ4n) is 2.43. The molecule has 1 aliphatic heterocycles. The molecule has 3 rings (SSSR count). The fraction of sp³-hybridized carbons (Fsp3) is 0.214. The molecule has 0 saturated heterocycles. The molecule has 0 spiro atoms. The number of anilines is 1. The number of amides is 2. The van der Waals surface area contributed by atoms with Crippen molar-refractivity contribution in [1.82, 2.24) is 15.5 Å². The number of aromatic amines is 1. The molecule has 2 aromatic rings. The van der Waals surface area contributed by atoms with E-state index in [0.29, 0.717) is 0 Å². The van der Waals surface area contributed by atoms with Crippen LogP contribution in [0.25, 0.3) is 0 Å². The van der Waals surface area contributed by atoms with Crippen LogP contribution in [0.2, 0.25) is 5.02 Å². The first-order chi connectivity index (χ1) is 11.7. The molecule has 1 unspecified atom stereocenters. The number of halogens is 4. The maximum atomic E-state index is 13.9. The number of alkyl halides is 3. The van der Waals surface area contributed by atoms with Crippen LogP contribution in [0.4, 0.5) is 23.7 Å². The summed E-state index contributed by atoms with van der Waals surface area (Å²) in [5.41, 5.74) is -3.55. The molecule has 2 amide bonds. The predicted molar refractivity (Wildman–Crippen MR) is 80.2 cm³/mol. The lowest BCUT2D eigenvalue weighted by Gasteiger charge is -2.39. The van der Waals surface area contributed by atoms with Gasteiger partial charge in [-0.1, -0.05) is 11.6 Å². The number of ether oxygens (including phenoxy) is 1. The molecule has 1 atom stereocenters. The quantitative estimate of drug-likeness (QED) is 0.769. The van der Waals surface area contributed by atoms with Crippen LogP contribution in [0.3, 0.4) is 0 Å². The van der Waals surface area contributed by atoms with Gasteiger partial charge in [-0.15, -0.1) is 0 Å². The van der Waals surface area contributed by atoms with E-state index >= 15 is 0 Å². The van der Waals surface area contributed by atoms with Gasteiger partial charge in [0.25, 0.3) is 11.5 Å². The molecule has 1 aromatic heterocycles. The Balaban J connectivity index is 2.01. The number of aromatic nitrogens is 2. The summed E-state index contributed by atoms with van der Waals surface area (Å²) in [5, 5.41) is 10.2. The fourth-order valence-corrected chi connectivity index (χ4v) is 2.60. The lowest BCUT2D eigenvalue weighted by atomic mass is 9.89. The molecule has 0 aliphatic carbocycles. The first-order valence-electron chi connectivity index (χ1n) is 6.87. The van der Waals surface area contributed by atoms with Crippen molar-refractivity contribution in [3.63, 3.8) is 0 Å². The van der Waals surface area contributed by atoms with Gasteiger partial charge in [0.15, 0.2) is 0 Å². The Morgan fingerprint density at radius 3 is 2.80 bits per heavy atom. The molecule has 0 radical (unpaired) electrons. The average molecular weight is 375 g/mol. The van der Waals surface area contributed by atoms with Crippen molar-refractivity contribution >= 4 is 29.3 Å². The zero-order valence-corrected chi connectivity index (χ0v) is 13.0. The van der Waals surface area contributed by atoms with Gasteiger partial charge < -0.3 is 10.1 Å². The van der Waals surface area contributed by atoms with Crippen LogP contribution < -0.4 is 10.6 Å². The van der Waals surface area contributed by atoms with Crippen molar-refractivity contribution < 1.29 is 27.5 Å². The predicted octanol–water partition coefficient (Wildman–Crippen LogP) is 2.81. The van der Waals surface area contributed by atoms with Crippen molar-refractivity contribution in [2.24, 2.45) is 0 Å². The summed E-state index contributed by atoms with van der Waals surface area (Å²) in [4.78, 5) is 23.6. The Morgan fingerprint density at radius 2 is 2.16 bits per heavy atom. The van der Waals surface area contributed by atoms with Crippen molar-refractivity contribution in [3.8, 4) is 0 Å². The van der Waals surface area contributed by atoms with Crippen molar-refractivity contribution in [2.75, 3.05) is 11.9 Å². The summed E-state index contributed by atoms with van der Waals surface area (Å²) < 4.78 is 46.2. The van der Waals surface area contributed by atoms with Gasteiger partial charge in [0, 0.05) is 16.8 Å². The third kappa shape index (κ3) is 3.00. The van der Waals surface area contributed by atoms with Gasteiger partial charge in [0.2, 0.25) is 0 Å². The molecule has 0 bridgehead atoms. The minimum absolute atomic E-state index is 0.0216. The minimum Gasteiger partial charge on any atom is -0.426 e. The van der Waals surface area contributed by atoms with Crippen LogP contribution in [-0.2, 0) is 10.3 Å². The molecule has 0 saturated carbocycles. The van der Waals surface area contributed by atoms with Crippen molar-refractivity contribution in [1.29, 1.82) is 0 Å². The van der Waals surface area contributed by atoms with E-state index in [0.717, 1.165) is 12.3 Å². The standard InChI is InChI=1S/C14H10ClF3N4O3/c15-8-1-2-10-9(3-8)13(14(16,17)18,25-12(24)22-10)6-19-11(23)7-4-20-21-5-7/h1-5H,6H2,(H,19,23)(H,20,21)(H,22,24). The number of nitrogens with one attached hydrogen (secondary N) is 3. The number of carbonyl (C=O) groups excluding carboxylic acids is 2. The Bertz CT molecular complexity index is 825. The van der Waals surface area contributed by atoms with E-state index in [2.05, 4.69) is 25.6 Å². The summed E-state index contributed by atoms with van der Waals surface area (Å²) in [5.74, 6) is -0.810. The third-order valence-electron chi connectivity index (χ3n) is 3.64. The highest BCUT2D eigenvalue weighted by atomic mass is 35.5. The van der Waals surface area contributed by atoms with E-state index < -0.39 is 35.9 Å². The number of carbonyl (C=O) groups is 2. The number of nitrogens with zero attached hydrogens (tertiary/aromatic N) is 1. The van der Waals surface area contributed by atoms with Crippen LogP contribution in [0.1, 0.15) is 15.9 Å². The second-order valence-electron chi connectivity index (χ2n) is 5.20. The largest absolute Gasteiger partial charge is 0.434 e. The Morgan fingerprint density at radius 1 is 1.40 bits per heavy atom. The number of fused-ring (bicyclic) bond motifs is 1. The van der Waals surface area contributed by atoms with Crippen LogP contribution >= 0.6 is 11.6 Å². The lowest BCUT2D eigenvalue weighted by Crippen LogP contribution is -2.56. The highest BCUT2D eigenvalue weighted by Crippen LogP contribution is 2.47. The van der Waals surface area contributed by atoms with Crippen molar-refractivity contribution in [2.45, 2.75) is 11.8 Å². The summed E-state index contributed by atoms with van der Waals surface area (Å²) >= 11 is 5.80. The summed E-state index contributed by atoms with van der Waals surface area (Å²) in [6.45, 7) is -1.03. The van der Waals surface area contributed by atoms with Gasteiger partial charge in [-0.2, -0.15) is 18.3 Å². The molecule has 7 nitrogen and oxygen atoms in total. The number of rotatable bonds is 3. The number of hydrogen-bond donors (Lipinski definition) is 3. The third-order valence-corrected chi connectivity index (χ3v) is 3.87. The van der Waals surface area contributed by atoms with E-state index in [1.54, 1.807) is 0 Å². The van der Waals surface area contributed by atoms with Crippen molar-refractivity contribution in [3.05, 3.63) is 46.7 Å². The highest BCUT2D eigenvalue weighted by molar-refractivity contribution is 6.30. The number of hydrogen-bond acceptors (Lipinski definition) is 4. The maximum absolute atomic E-state index is 13.9. The van der Waals surface area contributed by atoms with Crippen LogP contribution in [0.5, 0.6) is 0 Å². The molecule has 1 aliphatic rings. The highest BCUT2D eigenvalue weighted by Gasteiger charge is 2.62. The van der Waals surface area contributed by atoms with Gasteiger partial charge in [-0.3, -0.25) is 15.2 Å². The van der Waals surface area contributed by atoms with E-state index in [-0.39, 0.29) is 16.3 Å². The molecular weight excluding hydrogens is 365 g/mol. The summed E-state index contributed by atoms with van der Waals surface area (Å²) in [7, 11) is 0. The lowest BCUT2D eigenvalue weighted by molar-refractivity contribution is -0.261. The summed E-state index contributed by atoms with van der Waals surface area (Å²) in [6, 6.07) is 3.60. The second-order valence-corrected chi connectivity index (χ2v) is 5.64. The van der Waals surface area contributed by atoms with Crippen LogP contribution in [0.15, 0.2) is 30.6 Å². The Labute approximate surface area is 143 Å².